The van der Waals surface area contributed by atoms with E-state index in [1.165, 1.54) is 0 Å². The molecule has 29 heavy (non-hydrogen) atoms. The zero-order chi connectivity index (χ0) is 20.8. The van der Waals surface area contributed by atoms with Crippen LogP contribution >= 0.6 is 0 Å². The van der Waals surface area contributed by atoms with Gasteiger partial charge in [-0.2, -0.15) is 4.98 Å². The normalized spacial score (nSPS) is 12.2. The molecule has 0 saturated carbocycles. The Bertz CT molecular complexity index is 1030. The first kappa shape index (κ1) is 20.6. The fourth-order valence-electron chi connectivity index (χ4n) is 3.11. The first-order chi connectivity index (χ1) is 14.0. The number of guanidine groups is 1. The van der Waals surface area contributed by atoms with E-state index in [-0.39, 0.29) is 11.6 Å². The average molecular weight is 396 g/mol. The zero-order valence-corrected chi connectivity index (χ0v) is 17.0. The lowest BCUT2D eigenvalue weighted by molar-refractivity contribution is 0.655. The van der Waals surface area contributed by atoms with Gasteiger partial charge in [0, 0.05) is 30.4 Å². The molecule has 8 nitrogen and oxygen atoms in total. The Labute approximate surface area is 170 Å². The van der Waals surface area contributed by atoms with Crippen LogP contribution in [0.3, 0.4) is 0 Å². The molecule has 2 heterocycles. The highest BCUT2D eigenvalue weighted by atomic mass is 16.1. The van der Waals surface area contributed by atoms with Crippen LogP contribution in [0.4, 0.5) is 0 Å². The number of aliphatic imine (C=N–C) groups is 1. The Kier molecular flexibility index (Phi) is 6.66. The van der Waals surface area contributed by atoms with Crippen LogP contribution in [-0.2, 0) is 6.54 Å². The van der Waals surface area contributed by atoms with E-state index in [1.54, 1.807) is 4.57 Å². The average Bonchev–Trinajstić information content (AvgIpc) is 3.12. The number of nitrogens with one attached hydrogen (secondary N) is 2. The summed E-state index contributed by atoms with van der Waals surface area (Å²) in [6.45, 7) is 6.48. The summed E-state index contributed by atoms with van der Waals surface area (Å²) in [5.41, 5.74) is 14.0. The van der Waals surface area contributed by atoms with E-state index in [0.717, 1.165) is 48.3 Å². The van der Waals surface area contributed by atoms with Crippen molar-refractivity contribution in [3.05, 3.63) is 58.3 Å². The summed E-state index contributed by atoms with van der Waals surface area (Å²) in [7, 11) is 0. The molecular formula is C21H29N7O. The van der Waals surface area contributed by atoms with E-state index in [4.69, 9.17) is 11.5 Å². The second-order valence-electron chi connectivity index (χ2n) is 7.23. The van der Waals surface area contributed by atoms with Gasteiger partial charge in [-0.25, -0.2) is 4.79 Å². The molecule has 0 bridgehead atoms. The van der Waals surface area contributed by atoms with Crippen molar-refractivity contribution in [2.75, 3.05) is 13.1 Å². The van der Waals surface area contributed by atoms with Crippen molar-refractivity contribution in [3.8, 4) is 5.69 Å². The second-order valence-corrected chi connectivity index (χ2v) is 7.23. The molecule has 0 aliphatic rings. The molecule has 8 heteroatoms. The summed E-state index contributed by atoms with van der Waals surface area (Å²) in [5, 5.41) is 4.29. The van der Waals surface area contributed by atoms with Crippen molar-refractivity contribution < 1.29 is 0 Å². The molecule has 154 valence electrons. The van der Waals surface area contributed by atoms with Gasteiger partial charge in [-0.1, -0.05) is 26.0 Å². The van der Waals surface area contributed by atoms with Crippen LogP contribution < -0.4 is 22.5 Å². The standard InChI is InChI=1S/C21H29N7O/c1-3-14(2)18-11-16-13-28(21(29)27-19(16)26-18)17-7-5-15(6-8-17)12-24-9-4-10-25-20(22)23/h5-8,11,13-14,24H,3-4,9-10,12H2,1-2H3,(H4,22,23,25)(H,26,27,29). The minimum Gasteiger partial charge on any atom is -0.370 e. The van der Waals surface area contributed by atoms with Gasteiger partial charge in [0.25, 0.3) is 0 Å². The van der Waals surface area contributed by atoms with Gasteiger partial charge in [0.1, 0.15) is 5.65 Å². The zero-order valence-electron chi connectivity index (χ0n) is 17.0. The number of H-pyrrole nitrogens is 1. The van der Waals surface area contributed by atoms with Crippen LogP contribution in [0.25, 0.3) is 16.7 Å². The highest BCUT2D eigenvalue weighted by Crippen LogP contribution is 2.22. The molecule has 0 amide bonds. The topological polar surface area (TPSA) is 127 Å². The van der Waals surface area contributed by atoms with Crippen LogP contribution in [0.15, 0.2) is 46.3 Å². The minimum absolute atomic E-state index is 0.124. The lowest BCUT2D eigenvalue weighted by Gasteiger charge is -2.08. The van der Waals surface area contributed by atoms with Gasteiger partial charge < -0.3 is 21.8 Å². The summed E-state index contributed by atoms with van der Waals surface area (Å²) < 4.78 is 1.59. The Morgan fingerprint density at radius 2 is 2.07 bits per heavy atom. The maximum Gasteiger partial charge on any atom is 0.354 e. The molecule has 0 saturated heterocycles. The number of hydrogen-bond donors (Lipinski definition) is 4. The van der Waals surface area contributed by atoms with Gasteiger partial charge >= 0.3 is 5.69 Å². The number of hydrogen-bond acceptors (Lipinski definition) is 4. The maximum atomic E-state index is 12.5. The SMILES string of the molecule is CCC(C)c1cc2cn(-c3ccc(CNCCCN=C(N)N)cc3)c(=O)nc2[nH]1. The van der Waals surface area contributed by atoms with Crippen molar-refractivity contribution >= 4 is 17.0 Å². The summed E-state index contributed by atoms with van der Waals surface area (Å²) >= 11 is 0. The van der Waals surface area contributed by atoms with Crippen molar-refractivity contribution in [1.82, 2.24) is 19.9 Å². The van der Waals surface area contributed by atoms with Crippen molar-refractivity contribution in [2.45, 2.75) is 39.2 Å². The molecular weight excluding hydrogens is 366 g/mol. The van der Waals surface area contributed by atoms with Gasteiger partial charge in [-0.3, -0.25) is 9.56 Å². The third-order valence-corrected chi connectivity index (χ3v) is 5.02. The van der Waals surface area contributed by atoms with E-state index >= 15 is 0 Å². The Hall–Kier alpha value is -3.13. The van der Waals surface area contributed by atoms with Gasteiger partial charge in [0.2, 0.25) is 0 Å². The lowest BCUT2D eigenvalue weighted by Crippen LogP contribution is -2.23. The van der Waals surface area contributed by atoms with Crippen molar-refractivity contribution in [3.63, 3.8) is 0 Å². The van der Waals surface area contributed by atoms with E-state index < -0.39 is 0 Å². The van der Waals surface area contributed by atoms with Crippen LogP contribution in [-0.4, -0.2) is 33.6 Å². The molecule has 3 rings (SSSR count). The number of benzene rings is 1. The van der Waals surface area contributed by atoms with Crippen LogP contribution in [0.2, 0.25) is 0 Å². The number of nitrogens with zero attached hydrogens (tertiary/aromatic N) is 3. The van der Waals surface area contributed by atoms with E-state index in [9.17, 15) is 4.79 Å². The molecule has 6 N–H and O–H groups in total. The van der Waals surface area contributed by atoms with E-state index in [2.05, 4.69) is 40.2 Å². The Morgan fingerprint density at radius 3 is 2.76 bits per heavy atom. The summed E-state index contributed by atoms with van der Waals surface area (Å²) in [5.74, 6) is 0.526. The van der Waals surface area contributed by atoms with E-state index in [1.807, 2.05) is 30.5 Å². The molecule has 1 atom stereocenters. The molecule has 0 radical (unpaired) electrons. The Morgan fingerprint density at radius 1 is 1.31 bits per heavy atom. The summed E-state index contributed by atoms with van der Waals surface area (Å²) in [4.78, 5) is 23.9. The molecule has 0 aliphatic carbocycles. The first-order valence-corrected chi connectivity index (χ1v) is 9.95. The summed E-state index contributed by atoms with van der Waals surface area (Å²) in [6.07, 6.45) is 3.75. The van der Waals surface area contributed by atoms with Crippen molar-refractivity contribution in [2.24, 2.45) is 16.5 Å². The van der Waals surface area contributed by atoms with Gasteiger partial charge in [0.15, 0.2) is 5.96 Å². The van der Waals surface area contributed by atoms with Gasteiger partial charge in [-0.05, 0) is 49.1 Å². The number of nitrogens with two attached hydrogens (primary N) is 2. The van der Waals surface area contributed by atoms with Gasteiger partial charge in [-0.15, -0.1) is 0 Å². The predicted octanol–water partition coefficient (Wildman–Crippen LogP) is 1.98. The van der Waals surface area contributed by atoms with Crippen LogP contribution in [0, 0.1) is 0 Å². The molecule has 0 spiro atoms. The van der Waals surface area contributed by atoms with E-state index in [0.29, 0.717) is 18.1 Å². The predicted molar refractivity (Wildman–Crippen MR) is 117 cm³/mol. The molecule has 0 fully saturated rings. The third kappa shape index (κ3) is 5.23. The minimum atomic E-state index is -0.291. The fraction of sp³-hybridized carbons (Fsp3) is 0.381. The number of aromatic nitrogens is 3. The highest BCUT2D eigenvalue weighted by molar-refractivity contribution is 5.76. The quantitative estimate of drug-likeness (QED) is 0.250. The fourth-order valence-corrected chi connectivity index (χ4v) is 3.11. The lowest BCUT2D eigenvalue weighted by atomic mass is 10.1. The molecule has 2 aromatic heterocycles. The highest BCUT2D eigenvalue weighted by Gasteiger charge is 2.10. The maximum absolute atomic E-state index is 12.5. The third-order valence-electron chi connectivity index (χ3n) is 5.02. The first-order valence-electron chi connectivity index (χ1n) is 9.95. The second kappa shape index (κ2) is 9.38. The Balaban J connectivity index is 1.67. The molecule has 0 aliphatic heterocycles. The van der Waals surface area contributed by atoms with Crippen molar-refractivity contribution in [1.29, 1.82) is 0 Å². The van der Waals surface area contributed by atoms with Gasteiger partial charge in [0.05, 0.1) is 5.69 Å². The monoisotopic (exact) mass is 395 g/mol. The number of rotatable bonds is 9. The van der Waals surface area contributed by atoms with Crippen LogP contribution in [0.1, 0.15) is 43.9 Å². The molecule has 1 unspecified atom stereocenters. The molecule has 3 aromatic rings. The van der Waals surface area contributed by atoms with Crippen LogP contribution in [0.5, 0.6) is 0 Å². The number of fused-ring (bicyclic) bond motifs is 1. The smallest absolute Gasteiger partial charge is 0.354 e. The number of aromatic amines is 1. The summed E-state index contributed by atoms with van der Waals surface area (Å²) in [6, 6.07) is 9.97. The largest absolute Gasteiger partial charge is 0.370 e. The molecule has 1 aromatic carbocycles.